The summed E-state index contributed by atoms with van der Waals surface area (Å²) in [4.78, 5) is 18.7. The number of rotatable bonds is 5. The number of aromatic nitrogens is 4. The van der Waals surface area contributed by atoms with E-state index in [2.05, 4.69) is 84.9 Å². The van der Waals surface area contributed by atoms with Crippen molar-refractivity contribution in [1.29, 1.82) is 0 Å². The van der Waals surface area contributed by atoms with Gasteiger partial charge in [0.05, 0.1) is 8.07 Å². The summed E-state index contributed by atoms with van der Waals surface area (Å²) in [7, 11) is 4.40. The lowest BCUT2D eigenvalue weighted by Crippen LogP contribution is -2.40. The number of hydrogen-bond acceptors (Lipinski definition) is 4. The Kier molecular flexibility index (Phi) is 6.25. The van der Waals surface area contributed by atoms with Gasteiger partial charge in [-0.1, -0.05) is 51.7 Å². The Hall–Kier alpha value is -1.28. The zero-order valence-electron chi connectivity index (χ0n) is 18.3. The molecule has 1 aliphatic carbocycles. The summed E-state index contributed by atoms with van der Waals surface area (Å²) in [5.41, 5.74) is 2.70. The quantitative estimate of drug-likeness (QED) is 0.481. The molecule has 2 heterocycles. The second-order valence-corrected chi connectivity index (χ2v) is 16.1. The van der Waals surface area contributed by atoms with Crippen molar-refractivity contribution in [2.45, 2.75) is 45.6 Å². The molecule has 0 saturated carbocycles. The molecule has 7 heteroatoms. The van der Waals surface area contributed by atoms with Crippen LogP contribution in [0.5, 0.6) is 0 Å². The van der Waals surface area contributed by atoms with Crippen LogP contribution < -0.4 is 0 Å². The van der Waals surface area contributed by atoms with Crippen LogP contribution in [0.4, 0.5) is 0 Å². The first kappa shape index (κ1) is 22.4. The molecule has 0 fully saturated rings. The SMILES string of the molecule is CC(C)(C)C1C([Si](C)(C)C)=CC(CP)=C1C(P)(c1ncccn1)c1ncccn1. The maximum Gasteiger partial charge on any atom is 0.149 e. The third kappa shape index (κ3) is 4.15. The summed E-state index contributed by atoms with van der Waals surface area (Å²) < 4.78 is 0. The minimum absolute atomic E-state index is 0.0500. The van der Waals surface area contributed by atoms with Crippen molar-refractivity contribution in [2.75, 3.05) is 6.16 Å². The molecule has 3 atom stereocenters. The highest BCUT2D eigenvalue weighted by Gasteiger charge is 2.51. The van der Waals surface area contributed by atoms with E-state index in [0.29, 0.717) is 0 Å². The first-order valence-electron chi connectivity index (χ1n) is 10.0. The fourth-order valence-electron chi connectivity index (χ4n) is 4.23. The van der Waals surface area contributed by atoms with E-state index in [-0.39, 0.29) is 11.3 Å². The average molecular weight is 443 g/mol. The third-order valence-electron chi connectivity index (χ3n) is 5.49. The number of hydrogen-bond donors (Lipinski definition) is 0. The lowest BCUT2D eigenvalue weighted by Gasteiger charge is -2.42. The zero-order chi connectivity index (χ0) is 21.4. The summed E-state index contributed by atoms with van der Waals surface area (Å²) in [5, 5.41) is 0.903. The van der Waals surface area contributed by atoms with Crippen LogP contribution >= 0.6 is 18.5 Å². The summed E-state index contributed by atoms with van der Waals surface area (Å²) >= 11 is 0. The molecule has 0 radical (unpaired) electrons. The fraction of sp³-hybridized carbons (Fsp3) is 0.455. The van der Waals surface area contributed by atoms with Crippen molar-refractivity contribution in [3.05, 3.63) is 71.0 Å². The molecule has 29 heavy (non-hydrogen) atoms. The highest BCUT2D eigenvalue weighted by molar-refractivity contribution is 7.19. The van der Waals surface area contributed by atoms with Crippen molar-refractivity contribution in [3.8, 4) is 0 Å². The molecule has 0 N–H and O–H groups in total. The van der Waals surface area contributed by atoms with Crippen molar-refractivity contribution in [2.24, 2.45) is 11.3 Å². The van der Waals surface area contributed by atoms with Crippen molar-refractivity contribution < 1.29 is 0 Å². The first-order chi connectivity index (χ1) is 13.5. The largest absolute Gasteiger partial charge is 0.240 e. The van der Waals surface area contributed by atoms with E-state index in [1.54, 1.807) is 30.0 Å². The fourth-order valence-corrected chi connectivity index (χ4v) is 7.27. The van der Waals surface area contributed by atoms with E-state index in [9.17, 15) is 0 Å². The van der Waals surface area contributed by atoms with E-state index >= 15 is 0 Å². The molecule has 0 saturated heterocycles. The van der Waals surface area contributed by atoms with Gasteiger partial charge in [0.25, 0.3) is 0 Å². The van der Waals surface area contributed by atoms with Crippen LogP contribution in [0.15, 0.2) is 59.3 Å². The summed E-state index contributed by atoms with van der Waals surface area (Å²) in [6, 6.07) is 3.71. The van der Waals surface area contributed by atoms with Crippen LogP contribution in [0.2, 0.25) is 19.6 Å². The Morgan fingerprint density at radius 2 is 1.34 bits per heavy atom. The summed E-state index contributed by atoms with van der Waals surface area (Å²) in [6.07, 6.45) is 10.6. The molecule has 4 nitrogen and oxygen atoms in total. The predicted molar refractivity (Wildman–Crippen MR) is 131 cm³/mol. The lowest BCUT2D eigenvalue weighted by atomic mass is 9.72. The minimum atomic E-state index is -1.56. The van der Waals surface area contributed by atoms with E-state index < -0.39 is 13.2 Å². The molecule has 0 bridgehead atoms. The van der Waals surface area contributed by atoms with E-state index in [4.69, 9.17) is 0 Å². The Labute approximate surface area is 180 Å². The molecule has 2 aromatic heterocycles. The van der Waals surface area contributed by atoms with Crippen molar-refractivity contribution in [3.63, 3.8) is 0 Å². The van der Waals surface area contributed by atoms with Crippen LogP contribution in [0, 0.1) is 11.3 Å². The van der Waals surface area contributed by atoms with Gasteiger partial charge in [0, 0.05) is 30.7 Å². The Morgan fingerprint density at radius 3 is 1.69 bits per heavy atom. The maximum absolute atomic E-state index is 4.68. The van der Waals surface area contributed by atoms with Crippen LogP contribution in [-0.2, 0) is 5.16 Å². The molecular formula is C22H32N4P2Si. The second-order valence-electron chi connectivity index (χ2n) is 9.74. The molecule has 3 rings (SSSR count). The maximum atomic E-state index is 4.68. The molecule has 1 aliphatic rings. The Bertz CT molecular complexity index is 889. The first-order valence-corrected chi connectivity index (χ1v) is 14.9. The molecule has 0 aliphatic heterocycles. The number of allylic oxidation sites excluding steroid dienone is 4. The van der Waals surface area contributed by atoms with E-state index in [0.717, 1.165) is 17.8 Å². The van der Waals surface area contributed by atoms with Gasteiger partial charge in [-0.15, -0.1) is 18.5 Å². The third-order valence-corrected chi connectivity index (χ3v) is 8.92. The second kappa shape index (κ2) is 8.10. The van der Waals surface area contributed by atoms with Crippen LogP contribution in [0.3, 0.4) is 0 Å². The minimum Gasteiger partial charge on any atom is -0.240 e. The van der Waals surface area contributed by atoms with Gasteiger partial charge < -0.3 is 0 Å². The summed E-state index contributed by atoms with van der Waals surface area (Å²) in [5.74, 6) is 1.73. The van der Waals surface area contributed by atoms with E-state index in [1.807, 2.05) is 12.1 Å². The van der Waals surface area contributed by atoms with Gasteiger partial charge in [-0.2, -0.15) is 0 Å². The molecule has 0 aromatic carbocycles. The molecule has 0 amide bonds. The van der Waals surface area contributed by atoms with Gasteiger partial charge in [0.15, 0.2) is 0 Å². The van der Waals surface area contributed by atoms with Gasteiger partial charge in [-0.05, 0) is 34.9 Å². The summed E-state index contributed by atoms with van der Waals surface area (Å²) in [6.45, 7) is 14.3. The van der Waals surface area contributed by atoms with Gasteiger partial charge in [-0.3, -0.25) is 0 Å². The van der Waals surface area contributed by atoms with Gasteiger partial charge in [-0.25, -0.2) is 19.9 Å². The molecular weight excluding hydrogens is 410 g/mol. The van der Waals surface area contributed by atoms with Gasteiger partial charge in [0.1, 0.15) is 16.8 Å². The Balaban J connectivity index is 2.35. The highest BCUT2D eigenvalue weighted by atomic mass is 31.0. The number of nitrogens with zero attached hydrogens (tertiary/aromatic N) is 4. The van der Waals surface area contributed by atoms with Crippen molar-refractivity contribution >= 4 is 26.6 Å². The molecule has 2 aromatic rings. The normalized spacial score (nSPS) is 18.2. The highest BCUT2D eigenvalue weighted by Crippen LogP contribution is 2.57. The van der Waals surface area contributed by atoms with Gasteiger partial charge >= 0.3 is 0 Å². The predicted octanol–water partition coefficient (Wildman–Crippen LogP) is 5.04. The average Bonchev–Trinajstić information content (AvgIpc) is 3.10. The van der Waals surface area contributed by atoms with Crippen LogP contribution in [0.25, 0.3) is 0 Å². The van der Waals surface area contributed by atoms with Crippen LogP contribution in [-0.4, -0.2) is 34.2 Å². The molecule has 3 unspecified atom stereocenters. The lowest BCUT2D eigenvalue weighted by molar-refractivity contribution is 0.313. The molecule has 154 valence electrons. The van der Waals surface area contributed by atoms with Crippen LogP contribution in [0.1, 0.15) is 32.4 Å². The van der Waals surface area contributed by atoms with Crippen molar-refractivity contribution in [1.82, 2.24) is 19.9 Å². The molecule has 0 spiro atoms. The monoisotopic (exact) mass is 442 g/mol. The Morgan fingerprint density at radius 1 is 0.897 bits per heavy atom. The topological polar surface area (TPSA) is 51.6 Å². The standard InChI is InChI=1S/C22H32N4P2Si/c1-21(2,3)18-16(29(4,5)6)13-15(14-27)17(18)22(28,19-23-9-7-10-24-19)20-25-11-8-12-26-20/h7-13,18H,14,27-28H2,1-6H3. The van der Waals surface area contributed by atoms with E-state index in [1.165, 1.54) is 11.1 Å². The van der Waals surface area contributed by atoms with Gasteiger partial charge in [0.2, 0.25) is 0 Å². The zero-order valence-corrected chi connectivity index (χ0v) is 21.6. The smallest absolute Gasteiger partial charge is 0.149 e.